The Bertz CT molecular complexity index is 610. The molecule has 1 aliphatic rings. The summed E-state index contributed by atoms with van der Waals surface area (Å²) in [5, 5.41) is 0. The molecule has 0 bridgehead atoms. The van der Waals surface area contributed by atoms with E-state index in [1.807, 2.05) is 12.1 Å². The molecule has 4 nitrogen and oxygen atoms in total. The second-order valence-electron chi connectivity index (χ2n) is 4.67. The fourth-order valence-electron chi connectivity index (χ4n) is 2.42. The van der Waals surface area contributed by atoms with Gasteiger partial charge < -0.3 is 10.5 Å². The lowest BCUT2D eigenvalue weighted by molar-refractivity contribution is 0.109. The lowest BCUT2D eigenvalue weighted by atomic mass is 10.0. The molecule has 1 aromatic carbocycles. The lowest BCUT2D eigenvalue weighted by Crippen LogP contribution is -2.16. The Balaban J connectivity index is 2.13. The number of hydrogen-bond acceptors (Lipinski definition) is 4. The summed E-state index contributed by atoms with van der Waals surface area (Å²) < 4.78 is 5.41. The number of nitrogens with zero attached hydrogens (tertiary/aromatic N) is 2. The highest BCUT2D eigenvalue weighted by Gasteiger charge is 2.18. The number of aromatic nitrogens is 2. The molecule has 19 heavy (non-hydrogen) atoms. The summed E-state index contributed by atoms with van der Waals surface area (Å²) in [6, 6.07) is 8.21. The third-order valence-electron chi connectivity index (χ3n) is 3.49. The zero-order chi connectivity index (χ0) is 13.2. The van der Waals surface area contributed by atoms with E-state index in [1.165, 1.54) is 5.56 Å². The van der Waals surface area contributed by atoms with Crippen LogP contribution in [-0.4, -0.2) is 16.6 Å². The Kier molecular flexibility index (Phi) is 3.17. The molecular weight excluding hydrogens is 238 g/mol. The molecule has 1 aliphatic heterocycles. The van der Waals surface area contributed by atoms with Gasteiger partial charge in [-0.1, -0.05) is 31.2 Å². The minimum atomic E-state index is 0.525. The van der Waals surface area contributed by atoms with E-state index in [9.17, 15) is 0 Å². The van der Waals surface area contributed by atoms with Gasteiger partial charge in [-0.2, -0.15) is 0 Å². The van der Waals surface area contributed by atoms with E-state index < -0.39 is 0 Å². The van der Waals surface area contributed by atoms with Gasteiger partial charge in [-0.15, -0.1) is 0 Å². The number of fused-ring (bicyclic) bond motifs is 1. The molecule has 0 aliphatic carbocycles. The van der Waals surface area contributed by atoms with E-state index in [0.717, 1.165) is 35.5 Å². The molecule has 0 fully saturated rings. The smallest absolute Gasteiger partial charge is 0.162 e. The molecule has 0 saturated carbocycles. The van der Waals surface area contributed by atoms with E-state index in [4.69, 9.17) is 10.5 Å². The van der Waals surface area contributed by atoms with Crippen molar-refractivity contribution in [2.75, 3.05) is 12.3 Å². The topological polar surface area (TPSA) is 61.0 Å². The van der Waals surface area contributed by atoms with Gasteiger partial charge in [0.2, 0.25) is 0 Å². The first-order valence-electron chi connectivity index (χ1n) is 6.61. The zero-order valence-electron chi connectivity index (χ0n) is 11.0. The molecule has 4 heteroatoms. The van der Waals surface area contributed by atoms with Crippen molar-refractivity contribution < 1.29 is 4.74 Å². The van der Waals surface area contributed by atoms with Crippen molar-refractivity contribution in [1.82, 2.24) is 9.97 Å². The van der Waals surface area contributed by atoms with E-state index in [2.05, 4.69) is 29.0 Å². The average molecular weight is 255 g/mol. The Morgan fingerprint density at radius 2 is 2.11 bits per heavy atom. The van der Waals surface area contributed by atoms with E-state index in [-0.39, 0.29) is 0 Å². The lowest BCUT2D eigenvalue weighted by Gasteiger charge is -2.18. The Morgan fingerprint density at radius 3 is 2.95 bits per heavy atom. The highest BCUT2D eigenvalue weighted by Crippen LogP contribution is 2.26. The second-order valence-corrected chi connectivity index (χ2v) is 4.67. The van der Waals surface area contributed by atoms with Crippen molar-refractivity contribution in [1.29, 1.82) is 0 Å². The van der Waals surface area contributed by atoms with Gasteiger partial charge in [-0.3, -0.25) is 0 Å². The molecule has 2 aromatic rings. The van der Waals surface area contributed by atoms with Gasteiger partial charge in [0.15, 0.2) is 5.82 Å². The first kappa shape index (κ1) is 12.1. The molecule has 1 aromatic heterocycles. The highest BCUT2D eigenvalue weighted by atomic mass is 16.5. The predicted octanol–water partition coefficient (Wildman–Crippen LogP) is 2.36. The predicted molar refractivity (Wildman–Crippen MR) is 74.6 cm³/mol. The monoisotopic (exact) mass is 255 g/mol. The fourth-order valence-corrected chi connectivity index (χ4v) is 2.42. The van der Waals surface area contributed by atoms with Gasteiger partial charge in [-0.25, -0.2) is 9.97 Å². The summed E-state index contributed by atoms with van der Waals surface area (Å²) in [5.74, 6) is 1.28. The van der Waals surface area contributed by atoms with Crippen molar-refractivity contribution in [3.8, 4) is 11.4 Å². The molecule has 2 heterocycles. The van der Waals surface area contributed by atoms with Crippen LogP contribution in [-0.2, 0) is 24.2 Å². The van der Waals surface area contributed by atoms with Gasteiger partial charge in [0, 0.05) is 17.5 Å². The molecule has 0 radical (unpaired) electrons. The zero-order valence-corrected chi connectivity index (χ0v) is 11.0. The minimum Gasteiger partial charge on any atom is -0.383 e. The Hall–Kier alpha value is -1.94. The van der Waals surface area contributed by atoms with Crippen LogP contribution in [0, 0.1) is 0 Å². The fraction of sp³-hybridized carbons (Fsp3) is 0.333. The molecular formula is C15H17N3O. The number of hydrogen-bond donors (Lipinski definition) is 1. The number of aryl methyl sites for hydroxylation is 1. The molecule has 0 unspecified atom stereocenters. The van der Waals surface area contributed by atoms with Gasteiger partial charge in [0.1, 0.15) is 5.82 Å². The second kappa shape index (κ2) is 4.97. The maximum Gasteiger partial charge on any atom is 0.162 e. The molecule has 0 amide bonds. The average Bonchev–Trinajstić information content (AvgIpc) is 2.47. The summed E-state index contributed by atoms with van der Waals surface area (Å²) in [6.45, 7) is 3.36. The van der Waals surface area contributed by atoms with Gasteiger partial charge in [0.05, 0.1) is 18.9 Å². The van der Waals surface area contributed by atoms with E-state index >= 15 is 0 Å². The van der Waals surface area contributed by atoms with Gasteiger partial charge in [-0.05, 0) is 12.0 Å². The van der Waals surface area contributed by atoms with E-state index in [1.54, 1.807) is 0 Å². The molecule has 98 valence electrons. The van der Waals surface area contributed by atoms with Crippen LogP contribution in [0.5, 0.6) is 0 Å². The molecule has 0 saturated heterocycles. The largest absolute Gasteiger partial charge is 0.383 e. The summed E-state index contributed by atoms with van der Waals surface area (Å²) >= 11 is 0. The molecule has 3 rings (SSSR count). The van der Waals surface area contributed by atoms with Crippen LogP contribution < -0.4 is 5.73 Å². The first-order valence-corrected chi connectivity index (χ1v) is 6.61. The van der Waals surface area contributed by atoms with Crippen molar-refractivity contribution >= 4 is 5.82 Å². The third kappa shape index (κ3) is 2.19. The van der Waals surface area contributed by atoms with Crippen molar-refractivity contribution in [3.63, 3.8) is 0 Å². The third-order valence-corrected chi connectivity index (χ3v) is 3.49. The maximum atomic E-state index is 6.04. The van der Waals surface area contributed by atoms with Crippen LogP contribution >= 0.6 is 0 Å². The number of nitrogen functional groups attached to an aromatic ring is 1. The highest BCUT2D eigenvalue weighted by molar-refractivity contribution is 5.63. The minimum absolute atomic E-state index is 0.525. The van der Waals surface area contributed by atoms with Crippen LogP contribution in [0.3, 0.4) is 0 Å². The van der Waals surface area contributed by atoms with Crippen molar-refractivity contribution in [2.24, 2.45) is 0 Å². The SMILES string of the molecule is CCc1ccccc1-c1nc(N)c2c(n1)CCOC2. The summed E-state index contributed by atoms with van der Waals surface area (Å²) in [4.78, 5) is 9.13. The van der Waals surface area contributed by atoms with Crippen molar-refractivity contribution in [2.45, 2.75) is 26.4 Å². The van der Waals surface area contributed by atoms with Crippen LogP contribution in [0.1, 0.15) is 23.7 Å². The molecule has 0 spiro atoms. The van der Waals surface area contributed by atoms with Gasteiger partial charge >= 0.3 is 0 Å². The van der Waals surface area contributed by atoms with Gasteiger partial charge in [0.25, 0.3) is 0 Å². The number of anilines is 1. The van der Waals surface area contributed by atoms with Crippen molar-refractivity contribution in [3.05, 3.63) is 41.1 Å². The van der Waals surface area contributed by atoms with Crippen LogP contribution in [0.15, 0.2) is 24.3 Å². The first-order chi connectivity index (χ1) is 9.29. The number of rotatable bonds is 2. The van der Waals surface area contributed by atoms with E-state index in [0.29, 0.717) is 19.0 Å². The Morgan fingerprint density at radius 1 is 1.26 bits per heavy atom. The summed E-state index contributed by atoms with van der Waals surface area (Å²) in [7, 11) is 0. The number of benzene rings is 1. The quantitative estimate of drug-likeness (QED) is 0.895. The molecule has 2 N–H and O–H groups in total. The van der Waals surface area contributed by atoms with Crippen LogP contribution in [0.4, 0.5) is 5.82 Å². The standard InChI is InChI=1S/C15H17N3O/c1-2-10-5-3-4-6-11(10)15-17-13-7-8-19-9-12(13)14(16)18-15/h3-6H,2,7-9H2,1H3,(H2,16,17,18). The van der Waals surface area contributed by atoms with Crippen LogP contribution in [0.2, 0.25) is 0 Å². The Labute approximate surface area is 112 Å². The number of ether oxygens (including phenoxy) is 1. The molecule has 0 atom stereocenters. The number of nitrogens with two attached hydrogens (primary N) is 1. The summed E-state index contributed by atoms with van der Waals surface area (Å²) in [6.07, 6.45) is 1.77. The van der Waals surface area contributed by atoms with Crippen LogP contribution in [0.25, 0.3) is 11.4 Å². The normalized spacial score (nSPS) is 14.2. The maximum absolute atomic E-state index is 6.04. The summed E-state index contributed by atoms with van der Waals surface area (Å²) in [5.41, 5.74) is 10.3.